The van der Waals surface area contributed by atoms with Crippen molar-refractivity contribution in [3.05, 3.63) is 72.1 Å². The molecule has 3 aromatic rings. The van der Waals surface area contributed by atoms with Gasteiger partial charge >= 0.3 is 0 Å². The molecule has 0 fully saturated rings. The first-order valence-corrected chi connectivity index (χ1v) is 8.00. The van der Waals surface area contributed by atoms with Crippen LogP contribution in [-0.4, -0.2) is 9.97 Å². The maximum Gasteiger partial charge on any atom is 0.159 e. The second-order valence-electron chi connectivity index (χ2n) is 5.50. The van der Waals surface area contributed by atoms with E-state index in [9.17, 15) is 0 Å². The standard InChI is InChI=1S/C19H21N5/c1-2-14-8-10-16(11-9-14)24-19-17(20)18(22-13-23-19)21-12-15-6-4-3-5-7-15/h3-11,13H,2,12,20H2,1H3,(H2,21,22,23,24). The topological polar surface area (TPSA) is 75.9 Å². The Hall–Kier alpha value is -3.08. The third kappa shape index (κ3) is 3.81. The monoisotopic (exact) mass is 319 g/mol. The summed E-state index contributed by atoms with van der Waals surface area (Å²) < 4.78 is 0. The Bertz CT molecular complexity index is 785. The minimum absolute atomic E-state index is 0.507. The number of aromatic nitrogens is 2. The summed E-state index contributed by atoms with van der Waals surface area (Å²) in [7, 11) is 0. The summed E-state index contributed by atoms with van der Waals surface area (Å²) in [6.45, 7) is 2.79. The van der Waals surface area contributed by atoms with Crippen LogP contribution in [-0.2, 0) is 13.0 Å². The molecule has 0 aliphatic carbocycles. The maximum absolute atomic E-state index is 6.20. The fourth-order valence-corrected chi connectivity index (χ4v) is 2.38. The molecule has 0 amide bonds. The van der Waals surface area contributed by atoms with Crippen LogP contribution in [0.3, 0.4) is 0 Å². The van der Waals surface area contributed by atoms with Crippen LogP contribution in [0.5, 0.6) is 0 Å². The largest absolute Gasteiger partial charge is 0.393 e. The van der Waals surface area contributed by atoms with Crippen molar-refractivity contribution in [1.29, 1.82) is 0 Å². The fraction of sp³-hybridized carbons (Fsp3) is 0.158. The lowest BCUT2D eigenvalue weighted by atomic mass is 10.1. The molecule has 0 spiro atoms. The van der Waals surface area contributed by atoms with Gasteiger partial charge in [0.05, 0.1) is 0 Å². The lowest BCUT2D eigenvalue weighted by Crippen LogP contribution is -2.08. The number of hydrogen-bond donors (Lipinski definition) is 3. The Morgan fingerprint density at radius 3 is 2.29 bits per heavy atom. The SMILES string of the molecule is CCc1ccc(Nc2ncnc(NCc3ccccc3)c2N)cc1. The highest BCUT2D eigenvalue weighted by molar-refractivity contribution is 5.77. The molecule has 0 saturated carbocycles. The molecule has 4 N–H and O–H groups in total. The summed E-state index contributed by atoms with van der Waals surface area (Å²) in [6, 6.07) is 18.4. The number of nitrogens with two attached hydrogens (primary N) is 1. The minimum atomic E-state index is 0.507. The molecule has 122 valence electrons. The van der Waals surface area contributed by atoms with Crippen molar-refractivity contribution < 1.29 is 0 Å². The van der Waals surface area contributed by atoms with Crippen LogP contribution in [0.15, 0.2) is 60.9 Å². The summed E-state index contributed by atoms with van der Waals surface area (Å²) in [6.07, 6.45) is 2.52. The van der Waals surface area contributed by atoms with E-state index in [-0.39, 0.29) is 0 Å². The fourth-order valence-electron chi connectivity index (χ4n) is 2.38. The summed E-state index contributed by atoms with van der Waals surface area (Å²) in [5, 5.41) is 6.50. The highest BCUT2D eigenvalue weighted by Crippen LogP contribution is 2.26. The number of benzene rings is 2. The summed E-state index contributed by atoms with van der Waals surface area (Å²) >= 11 is 0. The minimum Gasteiger partial charge on any atom is -0.393 e. The first-order valence-electron chi connectivity index (χ1n) is 8.00. The molecule has 24 heavy (non-hydrogen) atoms. The predicted octanol–water partition coefficient (Wildman–Crippen LogP) is 3.98. The molecule has 0 aliphatic heterocycles. The summed E-state index contributed by atoms with van der Waals surface area (Å²) in [5.41, 5.74) is 10.1. The molecule has 5 nitrogen and oxygen atoms in total. The Balaban J connectivity index is 1.72. The molecule has 3 rings (SSSR count). The highest BCUT2D eigenvalue weighted by Gasteiger charge is 2.08. The van der Waals surface area contributed by atoms with Crippen molar-refractivity contribution in [2.75, 3.05) is 16.4 Å². The van der Waals surface area contributed by atoms with Gasteiger partial charge in [0.2, 0.25) is 0 Å². The van der Waals surface area contributed by atoms with Gasteiger partial charge < -0.3 is 16.4 Å². The molecule has 0 saturated heterocycles. The van der Waals surface area contributed by atoms with E-state index >= 15 is 0 Å². The Kier molecular flexibility index (Phi) is 4.91. The molecule has 0 bridgehead atoms. The van der Waals surface area contributed by atoms with E-state index in [4.69, 9.17) is 5.73 Å². The van der Waals surface area contributed by atoms with Gasteiger partial charge in [0, 0.05) is 12.2 Å². The van der Waals surface area contributed by atoms with Gasteiger partial charge in [0.1, 0.15) is 12.0 Å². The Labute approximate surface area is 142 Å². The molecule has 0 radical (unpaired) electrons. The number of nitrogen functional groups attached to an aromatic ring is 1. The summed E-state index contributed by atoms with van der Waals surface area (Å²) in [5.74, 6) is 1.23. The van der Waals surface area contributed by atoms with Gasteiger partial charge in [0.15, 0.2) is 11.6 Å². The number of aryl methyl sites for hydroxylation is 1. The predicted molar refractivity (Wildman–Crippen MR) is 99.3 cm³/mol. The lowest BCUT2D eigenvalue weighted by molar-refractivity contribution is 1.09. The molecule has 0 atom stereocenters. The van der Waals surface area contributed by atoms with E-state index in [0.29, 0.717) is 23.9 Å². The van der Waals surface area contributed by atoms with Gasteiger partial charge in [-0.25, -0.2) is 9.97 Å². The van der Waals surface area contributed by atoms with Gasteiger partial charge in [-0.15, -0.1) is 0 Å². The van der Waals surface area contributed by atoms with E-state index in [0.717, 1.165) is 12.1 Å². The van der Waals surface area contributed by atoms with Gasteiger partial charge in [-0.2, -0.15) is 0 Å². The molecule has 2 aromatic carbocycles. The van der Waals surface area contributed by atoms with Crippen molar-refractivity contribution in [3.63, 3.8) is 0 Å². The first kappa shape index (κ1) is 15.8. The zero-order chi connectivity index (χ0) is 16.8. The molecule has 1 aromatic heterocycles. The van der Waals surface area contributed by atoms with E-state index in [2.05, 4.69) is 51.8 Å². The van der Waals surface area contributed by atoms with E-state index in [1.54, 1.807) is 0 Å². The zero-order valence-electron chi connectivity index (χ0n) is 13.7. The van der Waals surface area contributed by atoms with Gasteiger partial charge in [0.25, 0.3) is 0 Å². The van der Waals surface area contributed by atoms with Crippen molar-refractivity contribution in [3.8, 4) is 0 Å². The van der Waals surface area contributed by atoms with Crippen LogP contribution in [0.25, 0.3) is 0 Å². The average molecular weight is 319 g/mol. The molecule has 1 heterocycles. The van der Waals surface area contributed by atoms with E-state index in [1.807, 2.05) is 30.3 Å². The molecular weight excluding hydrogens is 298 g/mol. The third-order valence-corrected chi connectivity index (χ3v) is 3.81. The average Bonchev–Trinajstić information content (AvgIpc) is 2.64. The normalized spacial score (nSPS) is 10.4. The molecule has 0 unspecified atom stereocenters. The third-order valence-electron chi connectivity index (χ3n) is 3.81. The van der Waals surface area contributed by atoms with Gasteiger partial charge in [-0.1, -0.05) is 49.4 Å². The quantitative estimate of drug-likeness (QED) is 0.641. The van der Waals surface area contributed by atoms with E-state index in [1.165, 1.54) is 17.5 Å². The Morgan fingerprint density at radius 1 is 0.875 bits per heavy atom. The number of nitrogens with one attached hydrogen (secondary N) is 2. The van der Waals surface area contributed by atoms with Crippen LogP contribution in [0.1, 0.15) is 18.1 Å². The van der Waals surface area contributed by atoms with Crippen LogP contribution < -0.4 is 16.4 Å². The van der Waals surface area contributed by atoms with E-state index < -0.39 is 0 Å². The second-order valence-corrected chi connectivity index (χ2v) is 5.50. The first-order chi connectivity index (χ1) is 11.8. The van der Waals surface area contributed by atoms with Crippen molar-refractivity contribution in [1.82, 2.24) is 9.97 Å². The smallest absolute Gasteiger partial charge is 0.159 e. The number of rotatable bonds is 6. The van der Waals surface area contributed by atoms with Gasteiger partial charge in [-0.3, -0.25) is 0 Å². The van der Waals surface area contributed by atoms with Crippen LogP contribution in [0.2, 0.25) is 0 Å². The summed E-state index contributed by atoms with van der Waals surface area (Å²) in [4.78, 5) is 8.48. The van der Waals surface area contributed by atoms with Crippen LogP contribution >= 0.6 is 0 Å². The molecule has 0 aliphatic rings. The molecule has 5 heteroatoms. The van der Waals surface area contributed by atoms with Crippen LogP contribution in [0.4, 0.5) is 23.0 Å². The number of anilines is 4. The van der Waals surface area contributed by atoms with Crippen LogP contribution in [0, 0.1) is 0 Å². The van der Waals surface area contributed by atoms with Crippen molar-refractivity contribution >= 4 is 23.0 Å². The maximum atomic E-state index is 6.20. The Morgan fingerprint density at radius 2 is 1.58 bits per heavy atom. The highest BCUT2D eigenvalue weighted by atomic mass is 15.1. The number of nitrogens with zero attached hydrogens (tertiary/aromatic N) is 2. The van der Waals surface area contributed by atoms with Gasteiger partial charge in [-0.05, 0) is 29.7 Å². The zero-order valence-corrected chi connectivity index (χ0v) is 13.7. The lowest BCUT2D eigenvalue weighted by Gasteiger charge is -2.13. The number of hydrogen-bond acceptors (Lipinski definition) is 5. The molecular formula is C19H21N5. The second kappa shape index (κ2) is 7.46. The van der Waals surface area contributed by atoms with Crippen molar-refractivity contribution in [2.45, 2.75) is 19.9 Å². The van der Waals surface area contributed by atoms with Crippen molar-refractivity contribution in [2.24, 2.45) is 0 Å².